The van der Waals surface area contributed by atoms with Crippen molar-refractivity contribution in [2.24, 2.45) is 10.9 Å². The number of amidine groups is 1. The second kappa shape index (κ2) is 8.62. The number of nitrogens with zero attached hydrogens (tertiary/aromatic N) is 1. The van der Waals surface area contributed by atoms with E-state index in [4.69, 9.17) is 15.3 Å². The first-order valence-corrected chi connectivity index (χ1v) is 8.19. The molecule has 0 aliphatic rings. The molecule has 5 nitrogen and oxygen atoms in total. The van der Waals surface area contributed by atoms with Crippen LogP contribution in [0.25, 0.3) is 0 Å². The smallest absolute Gasteiger partial charge is 0.365 e. The van der Waals surface area contributed by atoms with Crippen LogP contribution in [-0.4, -0.2) is 11.8 Å². The molecule has 3 aromatic carbocycles. The average Bonchev–Trinajstić information content (AvgIpc) is 2.71. The van der Waals surface area contributed by atoms with Crippen molar-refractivity contribution in [3.8, 4) is 5.75 Å². The monoisotopic (exact) mass is 364 g/mol. The van der Waals surface area contributed by atoms with Crippen LogP contribution in [-0.2, 0) is 11.4 Å². The fourth-order valence-electron chi connectivity index (χ4n) is 2.27. The molecule has 27 heavy (non-hydrogen) atoms. The van der Waals surface area contributed by atoms with Crippen LogP contribution in [0.5, 0.6) is 5.75 Å². The Balaban J connectivity index is 1.58. The Kier molecular flexibility index (Phi) is 5.79. The van der Waals surface area contributed by atoms with Gasteiger partial charge in [-0.1, -0.05) is 41.6 Å². The van der Waals surface area contributed by atoms with Crippen LogP contribution >= 0.6 is 0 Å². The highest BCUT2D eigenvalue weighted by Gasteiger charge is 2.09. The van der Waals surface area contributed by atoms with Gasteiger partial charge in [0.1, 0.15) is 18.2 Å². The van der Waals surface area contributed by atoms with Crippen LogP contribution in [0.1, 0.15) is 21.5 Å². The van der Waals surface area contributed by atoms with Crippen molar-refractivity contribution in [3.05, 3.63) is 101 Å². The zero-order valence-electron chi connectivity index (χ0n) is 14.3. The number of ether oxygens (including phenoxy) is 1. The third-order valence-corrected chi connectivity index (χ3v) is 3.69. The first-order chi connectivity index (χ1) is 13.1. The van der Waals surface area contributed by atoms with Crippen molar-refractivity contribution in [2.75, 3.05) is 0 Å². The minimum absolute atomic E-state index is 0.0226. The van der Waals surface area contributed by atoms with E-state index >= 15 is 0 Å². The molecule has 136 valence electrons. The fraction of sp³-hybridized carbons (Fsp3) is 0.0476. The van der Waals surface area contributed by atoms with E-state index in [1.807, 2.05) is 30.3 Å². The van der Waals surface area contributed by atoms with Gasteiger partial charge in [-0.25, -0.2) is 9.18 Å². The number of carbonyl (C=O) groups is 1. The Morgan fingerprint density at radius 1 is 0.926 bits per heavy atom. The van der Waals surface area contributed by atoms with Gasteiger partial charge in [-0.2, -0.15) is 0 Å². The van der Waals surface area contributed by atoms with Crippen LogP contribution in [0.4, 0.5) is 4.39 Å². The van der Waals surface area contributed by atoms with Gasteiger partial charge in [0.25, 0.3) is 0 Å². The maximum atomic E-state index is 13.1. The molecule has 0 bridgehead atoms. The third-order valence-electron chi connectivity index (χ3n) is 3.69. The zero-order valence-corrected chi connectivity index (χ0v) is 14.3. The van der Waals surface area contributed by atoms with Crippen LogP contribution in [0, 0.1) is 5.82 Å². The summed E-state index contributed by atoms with van der Waals surface area (Å²) in [6.07, 6.45) is 0. The first-order valence-electron chi connectivity index (χ1n) is 8.19. The summed E-state index contributed by atoms with van der Waals surface area (Å²) in [5, 5.41) is 3.61. The molecule has 0 amide bonds. The van der Waals surface area contributed by atoms with Crippen LogP contribution in [0.15, 0.2) is 84.0 Å². The van der Waals surface area contributed by atoms with Crippen molar-refractivity contribution >= 4 is 11.8 Å². The summed E-state index contributed by atoms with van der Waals surface area (Å²) < 4.78 is 18.8. The van der Waals surface area contributed by atoms with Crippen LogP contribution in [0.2, 0.25) is 0 Å². The SMILES string of the molecule is N/C(=N\OC(=O)c1cccc(F)c1)c1ccc(OCc2ccccc2)cc1. The second-order valence-corrected chi connectivity index (χ2v) is 5.66. The molecule has 6 heteroatoms. The Bertz CT molecular complexity index is 941. The van der Waals surface area contributed by atoms with Gasteiger partial charge in [0.2, 0.25) is 0 Å². The standard InChI is InChI=1S/C21H17FN2O3/c22-18-8-4-7-17(13-18)21(25)27-24-20(23)16-9-11-19(12-10-16)26-14-15-5-2-1-3-6-15/h1-13H,14H2,(H2,23,24). The molecule has 2 N–H and O–H groups in total. The van der Waals surface area contributed by atoms with E-state index in [0.29, 0.717) is 17.9 Å². The van der Waals surface area contributed by atoms with Gasteiger partial charge >= 0.3 is 5.97 Å². The molecule has 0 spiro atoms. The quantitative estimate of drug-likeness (QED) is 0.312. The molecule has 0 aromatic heterocycles. The predicted octanol–water partition coefficient (Wildman–Crippen LogP) is 3.88. The topological polar surface area (TPSA) is 73.9 Å². The normalized spacial score (nSPS) is 11.1. The van der Waals surface area contributed by atoms with E-state index < -0.39 is 11.8 Å². The van der Waals surface area contributed by atoms with Gasteiger partial charge in [0.05, 0.1) is 5.56 Å². The second-order valence-electron chi connectivity index (χ2n) is 5.66. The number of hydrogen-bond donors (Lipinski definition) is 1. The summed E-state index contributed by atoms with van der Waals surface area (Å²) in [6, 6.07) is 21.8. The van der Waals surface area contributed by atoms with Gasteiger partial charge < -0.3 is 15.3 Å². The molecule has 3 rings (SSSR count). The van der Waals surface area contributed by atoms with Crippen molar-refractivity contribution in [1.29, 1.82) is 0 Å². The van der Waals surface area contributed by atoms with Crippen molar-refractivity contribution in [2.45, 2.75) is 6.61 Å². The van der Waals surface area contributed by atoms with Gasteiger partial charge in [-0.3, -0.25) is 0 Å². The molecule has 0 heterocycles. The summed E-state index contributed by atoms with van der Waals surface area (Å²) in [5.74, 6) is -0.630. The molecule has 0 unspecified atom stereocenters. The summed E-state index contributed by atoms with van der Waals surface area (Å²) in [4.78, 5) is 16.6. The van der Waals surface area contributed by atoms with E-state index in [9.17, 15) is 9.18 Å². The molecular weight excluding hydrogens is 347 g/mol. The van der Waals surface area contributed by atoms with Gasteiger partial charge in [0, 0.05) is 5.56 Å². The fourth-order valence-corrected chi connectivity index (χ4v) is 2.27. The van der Waals surface area contributed by atoms with E-state index in [1.165, 1.54) is 18.2 Å². The first kappa shape index (κ1) is 18.1. The number of carbonyl (C=O) groups excluding carboxylic acids is 1. The molecule has 0 saturated heterocycles. The van der Waals surface area contributed by atoms with Gasteiger partial charge in [-0.15, -0.1) is 0 Å². The highest BCUT2D eigenvalue weighted by molar-refractivity contribution is 5.98. The molecule has 0 atom stereocenters. The minimum Gasteiger partial charge on any atom is -0.489 e. The maximum Gasteiger partial charge on any atom is 0.365 e. The van der Waals surface area contributed by atoms with Crippen molar-refractivity contribution < 1.29 is 18.8 Å². The predicted molar refractivity (Wildman–Crippen MR) is 99.8 cm³/mol. The number of halogens is 1. The Morgan fingerprint density at radius 3 is 2.37 bits per heavy atom. The average molecular weight is 364 g/mol. The lowest BCUT2D eigenvalue weighted by molar-refractivity contribution is 0.0515. The number of benzene rings is 3. The minimum atomic E-state index is -0.791. The molecule has 0 aliphatic carbocycles. The molecule has 0 radical (unpaired) electrons. The summed E-state index contributed by atoms with van der Waals surface area (Å²) in [6.45, 7) is 0.453. The largest absolute Gasteiger partial charge is 0.489 e. The highest BCUT2D eigenvalue weighted by atomic mass is 19.1. The lowest BCUT2D eigenvalue weighted by atomic mass is 10.2. The van der Waals surface area contributed by atoms with Crippen molar-refractivity contribution in [1.82, 2.24) is 0 Å². The zero-order chi connectivity index (χ0) is 19.1. The summed E-state index contributed by atoms with van der Waals surface area (Å²) >= 11 is 0. The molecule has 0 saturated carbocycles. The highest BCUT2D eigenvalue weighted by Crippen LogP contribution is 2.14. The van der Waals surface area contributed by atoms with E-state index in [-0.39, 0.29) is 11.4 Å². The van der Waals surface area contributed by atoms with Gasteiger partial charge in [0.15, 0.2) is 5.84 Å². The number of hydrogen-bond acceptors (Lipinski definition) is 4. The maximum absolute atomic E-state index is 13.1. The number of oxime groups is 1. The number of nitrogens with two attached hydrogens (primary N) is 1. The lowest BCUT2D eigenvalue weighted by Crippen LogP contribution is -2.15. The van der Waals surface area contributed by atoms with E-state index in [0.717, 1.165) is 11.6 Å². The van der Waals surface area contributed by atoms with Crippen LogP contribution < -0.4 is 10.5 Å². The molecule has 0 aliphatic heterocycles. The summed E-state index contributed by atoms with van der Waals surface area (Å²) in [7, 11) is 0. The molecule has 3 aromatic rings. The third kappa shape index (κ3) is 5.15. The Hall–Kier alpha value is -3.67. The van der Waals surface area contributed by atoms with E-state index in [1.54, 1.807) is 24.3 Å². The summed E-state index contributed by atoms with van der Waals surface area (Å²) in [5.41, 5.74) is 7.50. The lowest BCUT2D eigenvalue weighted by Gasteiger charge is -2.07. The van der Waals surface area contributed by atoms with Crippen molar-refractivity contribution in [3.63, 3.8) is 0 Å². The number of rotatable bonds is 6. The van der Waals surface area contributed by atoms with Gasteiger partial charge in [-0.05, 0) is 48.0 Å². The Labute approximate surface area is 155 Å². The van der Waals surface area contributed by atoms with Crippen LogP contribution in [0.3, 0.4) is 0 Å². The molecular formula is C21H17FN2O3. The van der Waals surface area contributed by atoms with E-state index in [2.05, 4.69) is 5.16 Å². The Morgan fingerprint density at radius 2 is 1.67 bits per heavy atom. The molecule has 0 fully saturated rings.